The van der Waals surface area contributed by atoms with E-state index in [4.69, 9.17) is 0 Å². The lowest BCUT2D eigenvalue weighted by molar-refractivity contribution is -0.385. The Hall–Kier alpha value is -4.56. The minimum Gasteiger partial charge on any atom is -0.372 e. The van der Waals surface area contributed by atoms with Crippen LogP contribution in [-0.2, 0) is 10.4 Å². The third-order valence-corrected chi connectivity index (χ3v) is 6.20. The summed E-state index contributed by atoms with van der Waals surface area (Å²) in [7, 11) is 0. The summed E-state index contributed by atoms with van der Waals surface area (Å²) in [6.07, 6.45) is 1.50. The van der Waals surface area contributed by atoms with Gasteiger partial charge in [-0.1, -0.05) is 66.7 Å². The summed E-state index contributed by atoms with van der Waals surface area (Å²) >= 11 is 0. The van der Waals surface area contributed by atoms with Crippen LogP contribution >= 0.6 is 0 Å². The van der Waals surface area contributed by atoms with Crippen LogP contribution in [0.1, 0.15) is 33.6 Å². The Labute approximate surface area is 208 Å². The lowest BCUT2D eigenvalue weighted by Gasteiger charge is -2.27. The number of rotatable bonds is 7. The van der Waals surface area contributed by atoms with E-state index in [9.17, 15) is 20.0 Å². The van der Waals surface area contributed by atoms with Crippen LogP contribution < -0.4 is 5.43 Å². The Morgan fingerprint density at radius 3 is 2.11 bits per heavy atom. The van der Waals surface area contributed by atoms with E-state index in [2.05, 4.69) is 10.5 Å². The first-order valence-electron chi connectivity index (χ1n) is 11.3. The zero-order valence-electron chi connectivity index (χ0n) is 20.2. The molecule has 0 bridgehead atoms. The van der Waals surface area contributed by atoms with Crippen molar-refractivity contribution in [2.24, 2.45) is 5.10 Å². The van der Waals surface area contributed by atoms with Crippen molar-refractivity contribution in [3.8, 4) is 5.69 Å². The zero-order valence-corrected chi connectivity index (χ0v) is 20.2. The molecule has 182 valence electrons. The molecule has 0 aliphatic rings. The molecule has 0 saturated heterocycles. The molecule has 2 N–H and O–H groups in total. The van der Waals surface area contributed by atoms with Crippen LogP contribution in [-0.4, -0.2) is 26.7 Å². The third-order valence-electron chi connectivity index (χ3n) is 6.20. The first-order valence-corrected chi connectivity index (χ1v) is 11.3. The van der Waals surface area contributed by atoms with E-state index in [0.717, 1.165) is 17.0 Å². The SMILES string of the molecule is Cc1ccc(-n2c(C)cc(/C=N/NC(=O)C(O)(c3ccccc3)c3ccccc3)c2C)cc1[N+](=O)[O-]. The maximum Gasteiger partial charge on any atom is 0.281 e. The number of nitrogens with zero attached hydrogens (tertiary/aromatic N) is 3. The number of nitrogens with one attached hydrogen (secondary N) is 1. The topological polar surface area (TPSA) is 110 Å². The van der Waals surface area contributed by atoms with Crippen molar-refractivity contribution in [3.63, 3.8) is 0 Å². The predicted molar refractivity (Wildman–Crippen MR) is 138 cm³/mol. The van der Waals surface area contributed by atoms with Gasteiger partial charge in [0.05, 0.1) is 16.8 Å². The smallest absolute Gasteiger partial charge is 0.281 e. The Balaban J connectivity index is 1.62. The molecule has 1 aromatic heterocycles. The van der Waals surface area contributed by atoms with Gasteiger partial charge >= 0.3 is 0 Å². The van der Waals surface area contributed by atoms with Crippen LogP contribution in [0, 0.1) is 30.9 Å². The van der Waals surface area contributed by atoms with Crippen molar-refractivity contribution in [2.75, 3.05) is 0 Å². The fraction of sp³-hybridized carbons (Fsp3) is 0.143. The molecule has 4 aromatic rings. The maximum absolute atomic E-state index is 13.2. The molecule has 0 atom stereocenters. The number of hydrogen-bond donors (Lipinski definition) is 2. The lowest BCUT2D eigenvalue weighted by Crippen LogP contribution is -2.43. The van der Waals surface area contributed by atoms with E-state index in [0.29, 0.717) is 22.4 Å². The Morgan fingerprint density at radius 2 is 1.56 bits per heavy atom. The van der Waals surface area contributed by atoms with E-state index in [-0.39, 0.29) is 5.69 Å². The van der Waals surface area contributed by atoms with Crippen molar-refractivity contribution < 1.29 is 14.8 Å². The average Bonchev–Trinajstić information content (AvgIpc) is 3.17. The monoisotopic (exact) mass is 482 g/mol. The molecule has 0 unspecified atom stereocenters. The molecule has 8 nitrogen and oxygen atoms in total. The van der Waals surface area contributed by atoms with Gasteiger partial charge in [0.2, 0.25) is 0 Å². The first-order chi connectivity index (χ1) is 17.2. The van der Waals surface area contributed by atoms with Gasteiger partial charge in [0, 0.05) is 28.6 Å². The summed E-state index contributed by atoms with van der Waals surface area (Å²) in [6.45, 7) is 5.45. The Kier molecular flexibility index (Phi) is 6.80. The highest BCUT2D eigenvalue weighted by atomic mass is 16.6. The van der Waals surface area contributed by atoms with Crippen LogP contribution in [0.25, 0.3) is 5.69 Å². The number of hydrogen-bond acceptors (Lipinski definition) is 5. The third kappa shape index (κ3) is 4.54. The van der Waals surface area contributed by atoms with Gasteiger partial charge in [-0.2, -0.15) is 5.10 Å². The highest BCUT2D eigenvalue weighted by Gasteiger charge is 2.39. The van der Waals surface area contributed by atoms with Gasteiger partial charge in [0.15, 0.2) is 5.60 Å². The highest BCUT2D eigenvalue weighted by Crippen LogP contribution is 2.30. The van der Waals surface area contributed by atoms with Crippen LogP contribution in [0.4, 0.5) is 5.69 Å². The number of carbonyl (C=O) groups is 1. The molecule has 8 heteroatoms. The second kappa shape index (κ2) is 9.97. The second-order valence-corrected chi connectivity index (χ2v) is 8.53. The number of aryl methyl sites for hydroxylation is 2. The quantitative estimate of drug-likeness (QED) is 0.226. The molecule has 0 spiro atoms. The van der Waals surface area contributed by atoms with E-state index in [1.54, 1.807) is 61.5 Å². The molecule has 4 rings (SSSR count). The number of nitro benzene ring substituents is 1. The molecule has 0 aliphatic heterocycles. The number of amides is 1. The van der Waals surface area contributed by atoms with Crippen molar-refractivity contribution in [1.29, 1.82) is 0 Å². The normalized spacial score (nSPS) is 11.6. The molecular formula is C28H26N4O4. The Morgan fingerprint density at radius 1 is 0.972 bits per heavy atom. The number of nitro groups is 1. The van der Waals surface area contributed by atoms with Crippen molar-refractivity contribution in [2.45, 2.75) is 26.4 Å². The highest BCUT2D eigenvalue weighted by molar-refractivity contribution is 5.91. The average molecular weight is 483 g/mol. The summed E-state index contributed by atoms with van der Waals surface area (Å²) in [5.41, 5.74) is 5.04. The van der Waals surface area contributed by atoms with Crippen molar-refractivity contribution in [1.82, 2.24) is 9.99 Å². The van der Waals surface area contributed by atoms with E-state index < -0.39 is 16.4 Å². The standard InChI is InChI=1S/C28H26N4O4/c1-19-14-15-25(17-26(19)32(35)36)31-20(2)16-22(21(31)3)18-29-30-27(33)28(34,23-10-6-4-7-11-23)24-12-8-5-9-13-24/h4-18,34H,1-3H3,(H,30,33)/b29-18+. The van der Waals surface area contributed by atoms with Crippen molar-refractivity contribution >= 4 is 17.8 Å². The van der Waals surface area contributed by atoms with Gasteiger partial charge in [-0.25, -0.2) is 5.43 Å². The fourth-order valence-electron chi connectivity index (χ4n) is 4.28. The number of benzene rings is 3. The number of aromatic nitrogens is 1. The minimum absolute atomic E-state index is 0.0450. The summed E-state index contributed by atoms with van der Waals surface area (Å²) in [6, 6.07) is 24.3. The van der Waals surface area contributed by atoms with Gasteiger partial charge in [0.1, 0.15) is 0 Å². The molecule has 1 heterocycles. The van der Waals surface area contributed by atoms with E-state index in [1.807, 2.05) is 42.7 Å². The Bertz CT molecular complexity index is 1400. The summed E-state index contributed by atoms with van der Waals surface area (Å²) in [5.74, 6) is -0.695. The van der Waals surface area contributed by atoms with Crippen molar-refractivity contribution in [3.05, 3.63) is 129 Å². The molecule has 0 fully saturated rings. The summed E-state index contributed by atoms with van der Waals surface area (Å²) < 4.78 is 1.89. The number of hydrazone groups is 1. The van der Waals surface area contributed by atoms with Crippen LogP contribution in [0.3, 0.4) is 0 Å². The summed E-state index contributed by atoms with van der Waals surface area (Å²) in [5, 5.41) is 27.0. The van der Waals surface area contributed by atoms with E-state index >= 15 is 0 Å². The molecular weight excluding hydrogens is 456 g/mol. The van der Waals surface area contributed by atoms with Crippen LogP contribution in [0.15, 0.2) is 90.0 Å². The van der Waals surface area contributed by atoms with Gasteiger partial charge < -0.3 is 9.67 Å². The van der Waals surface area contributed by atoms with Crippen LogP contribution in [0.5, 0.6) is 0 Å². The first kappa shape index (κ1) is 24.6. The molecule has 36 heavy (non-hydrogen) atoms. The van der Waals surface area contributed by atoms with Gasteiger partial charge in [0.25, 0.3) is 11.6 Å². The largest absolute Gasteiger partial charge is 0.372 e. The van der Waals surface area contributed by atoms with Gasteiger partial charge in [-0.15, -0.1) is 0 Å². The molecule has 0 aliphatic carbocycles. The van der Waals surface area contributed by atoms with Crippen LogP contribution in [0.2, 0.25) is 0 Å². The van der Waals surface area contributed by atoms with Gasteiger partial charge in [-0.05, 0) is 44.0 Å². The molecule has 1 amide bonds. The number of carbonyl (C=O) groups excluding carboxylic acids is 1. The van der Waals surface area contributed by atoms with E-state index in [1.165, 1.54) is 12.3 Å². The summed E-state index contributed by atoms with van der Waals surface area (Å²) in [4.78, 5) is 24.2. The minimum atomic E-state index is -1.93. The molecule has 0 radical (unpaired) electrons. The maximum atomic E-state index is 13.2. The molecule has 3 aromatic carbocycles. The van der Waals surface area contributed by atoms with Gasteiger partial charge in [-0.3, -0.25) is 14.9 Å². The lowest BCUT2D eigenvalue weighted by atomic mass is 9.85. The zero-order chi connectivity index (χ0) is 25.9. The number of aliphatic hydroxyl groups is 1. The molecule has 0 saturated carbocycles. The second-order valence-electron chi connectivity index (χ2n) is 8.53. The predicted octanol–water partition coefficient (Wildman–Crippen LogP) is 4.70. The fourth-order valence-corrected chi connectivity index (χ4v) is 4.28.